The van der Waals surface area contributed by atoms with Crippen LogP contribution in [0.3, 0.4) is 0 Å². The molecule has 0 fully saturated rings. The van der Waals surface area contributed by atoms with Crippen LogP contribution >= 0.6 is 0 Å². The number of rotatable bonds is 0. The van der Waals surface area contributed by atoms with Crippen molar-refractivity contribution in [3.63, 3.8) is 0 Å². The monoisotopic (exact) mass is 618 g/mol. The first-order valence-corrected chi connectivity index (χ1v) is 11.8. The molecule has 0 nitrogen and oxygen atoms in total. The molecule has 0 saturated carbocycles. The first-order chi connectivity index (χ1) is 16.7. The summed E-state index contributed by atoms with van der Waals surface area (Å²) >= 11 is 0. The summed E-state index contributed by atoms with van der Waals surface area (Å²) in [5, 5.41) is 8.05. The van der Waals surface area contributed by atoms with Crippen molar-refractivity contribution < 1.29 is 52.4 Å². The predicted octanol–water partition coefficient (Wildman–Crippen LogP) is 9.59. The van der Waals surface area contributed by atoms with E-state index >= 15 is 0 Å². The maximum atomic E-state index is 2.99. The van der Waals surface area contributed by atoms with Gasteiger partial charge >= 0.3 is 52.4 Å². The van der Waals surface area contributed by atoms with Crippen molar-refractivity contribution in [3.05, 3.63) is 151 Å². The molecule has 6 aromatic rings. The van der Waals surface area contributed by atoms with E-state index < -0.39 is 0 Å². The van der Waals surface area contributed by atoms with E-state index in [0.29, 0.717) is 0 Å². The average Bonchev–Trinajstić information content (AvgIpc) is 3.66. The molecule has 0 atom stereocenters. The van der Waals surface area contributed by atoms with Crippen molar-refractivity contribution in [3.8, 4) is 0 Å². The Morgan fingerprint density at radius 2 is 1.11 bits per heavy atom. The van der Waals surface area contributed by atoms with E-state index in [4.69, 9.17) is 0 Å². The molecule has 0 radical (unpaired) electrons. The summed E-state index contributed by atoms with van der Waals surface area (Å²) in [6, 6.07) is 40.3. The smallest absolute Gasteiger partial charge is 0.273 e. The molecule has 0 unspecified atom stereocenters. The summed E-state index contributed by atoms with van der Waals surface area (Å²) in [6.07, 6.45) is 10.0. The zero-order valence-electron chi connectivity index (χ0n) is 20.9. The van der Waals surface area contributed by atoms with Gasteiger partial charge in [-0.1, -0.05) is 32.0 Å². The van der Waals surface area contributed by atoms with E-state index in [0.717, 1.165) is 6.42 Å². The topological polar surface area (TPSA) is 0 Å². The molecule has 0 N–H and O–H groups in total. The molecular formula is C34H30Zr2. The van der Waals surface area contributed by atoms with Gasteiger partial charge in [-0.15, -0.1) is 117 Å². The quantitative estimate of drug-likeness (QED) is 0.148. The zero-order valence-corrected chi connectivity index (χ0v) is 25.8. The normalized spacial score (nSPS) is 10.8. The van der Waals surface area contributed by atoms with Gasteiger partial charge < -0.3 is 0 Å². The molecule has 174 valence electrons. The third-order valence-electron chi connectivity index (χ3n) is 5.66. The number of benzene rings is 3. The van der Waals surface area contributed by atoms with E-state index in [-0.39, 0.29) is 52.4 Å². The van der Waals surface area contributed by atoms with Gasteiger partial charge in [0.1, 0.15) is 0 Å². The van der Waals surface area contributed by atoms with Gasteiger partial charge in [-0.25, -0.2) is 12.2 Å². The predicted molar refractivity (Wildman–Crippen MR) is 150 cm³/mol. The molecule has 0 amide bonds. The Morgan fingerprint density at radius 3 is 1.53 bits per heavy atom. The fourth-order valence-corrected chi connectivity index (χ4v) is 4.02. The van der Waals surface area contributed by atoms with Gasteiger partial charge in [0.25, 0.3) is 0 Å². The second kappa shape index (κ2) is 15.8. The van der Waals surface area contributed by atoms with E-state index in [9.17, 15) is 0 Å². The molecule has 0 bridgehead atoms. The molecule has 1 aliphatic rings. The van der Waals surface area contributed by atoms with Crippen LogP contribution in [0.15, 0.2) is 133 Å². The third kappa shape index (κ3) is 8.99. The van der Waals surface area contributed by atoms with E-state index in [2.05, 4.69) is 141 Å². The van der Waals surface area contributed by atoms with Crippen LogP contribution in [0.25, 0.3) is 32.3 Å². The second-order valence-corrected chi connectivity index (χ2v) is 8.48. The largest absolute Gasteiger partial charge is 2.00 e. The Balaban J connectivity index is 0.000000170. The van der Waals surface area contributed by atoms with Crippen LogP contribution in [-0.4, -0.2) is 0 Å². The van der Waals surface area contributed by atoms with Gasteiger partial charge in [0, 0.05) is 0 Å². The minimum Gasteiger partial charge on any atom is -0.273 e. The van der Waals surface area contributed by atoms with Crippen LogP contribution in [-0.2, 0) is 52.4 Å². The second-order valence-electron chi connectivity index (χ2n) is 8.48. The van der Waals surface area contributed by atoms with Crippen LogP contribution < -0.4 is 0 Å². The SMILES string of the molecule is Cc1cc2ccccc2[cH-]1.Cc1cc2ccccc2[cH-]1.[C-]1=CC=CC1.[Zr+2].[Zr+2].c1ccc2[cH-]ccc2c1. The molecule has 0 aromatic heterocycles. The Bertz CT molecular complexity index is 1330. The van der Waals surface area contributed by atoms with E-state index in [1.807, 2.05) is 12.2 Å². The number of hydrogen-bond acceptors (Lipinski definition) is 0. The first-order valence-electron chi connectivity index (χ1n) is 11.8. The zero-order chi connectivity index (χ0) is 23.6. The van der Waals surface area contributed by atoms with Crippen LogP contribution in [0.5, 0.6) is 0 Å². The molecular weight excluding hydrogens is 591 g/mol. The molecule has 0 heterocycles. The van der Waals surface area contributed by atoms with Crippen molar-refractivity contribution in [1.82, 2.24) is 0 Å². The fraction of sp³-hybridized carbons (Fsp3) is 0.0882. The fourth-order valence-electron chi connectivity index (χ4n) is 4.02. The average molecular weight is 621 g/mol. The van der Waals surface area contributed by atoms with Gasteiger partial charge in [0.05, 0.1) is 0 Å². The van der Waals surface area contributed by atoms with Gasteiger partial charge in [0.2, 0.25) is 0 Å². The number of fused-ring (bicyclic) bond motifs is 3. The first kappa shape index (κ1) is 30.0. The van der Waals surface area contributed by atoms with Crippen molar-refractivity contribution in [2.24, 2.45) is 0 Å². The molecule has 0 saturated heterocycles. The molecule has 1 aliphatic carbocycles. The van der Waals surface area contributed by atoms with Crippen LogP contribution in [0.2, 0.25) is 0 Å². The summed E-state index contributed by atoms with van der Waals surface area (Å²) in [5.41, 5.74) is 2.70. The minimum absolute atomic E-state index is 0. The molecule has 7 rings (SSSR count). The summed E-state index contributed by atoms with van der Waals surface area (Å²) in [5.74, 6) is 0. The molecule has 36 heavy (non-hydrogen) atoms. The molecule has 0 aliphatic heterocycles. The molecule has 2 heteroatoms. The van der Waals surface area contributed by atoms with E-state index in [1.165, 1.54) is 43.4 Å². The van der Waals surface area contributed by atoms with Crippen molar-refractivity contribution in [2.45, 2.75) is 20.3 Å². The summed E-state index contributed by atoms with van der Waals surface area (Å²) < 4.78 is 0. The number of aryl methyl sites for hydroxylation is 2. The van der Waals surface area contributed by atoms with Gasteiger partial charge in [-0.3, -0.25) is 6.08 Å². The van der Waals surface area contributed by atoms with Gasteiger partial charge in [-0.05, 0) is 0 Å². The van der Waals surface area contributed by atoms with Crippen molar-refractivity contribution >= 4 is 32.3 Å². The van der Waals surface area contributed by atoms with E-state index in [1.54, 1.807) is 0 Å². The molecule has 6 aromatic carbocycles. The van der Waals surface area contributed by atoms with Crippen molar-refractivity contribution in [1.29, 1.82) is 0 Å². The molecule has 0 spiro atoms. The summed E-state index contributed by atoms with van der Waals surface area (Å²) in [7, 11) is 0. The Hall–Kier alpha value is -2.26. The summed E-state index contributed by atoms with van der Waals surface area (Å²) in [4.78, 5) is 0. The Morgan fingerprint density at radius 1 is 0.611 bits per heavy atom. The van der Waals surface area contributed by atoms with Crippen LogP contribution in [0, 0.1) is 19.9 Å². The van der Waals surface area contributed by atoms with Crippen molar-refractivity contribution in [2.75, 3.05) is 0 Å². The standard InChI is InChI=1S/2C10H9.C9H7.C5H5.2Zr/c2*1-8-6-9-4-2-3-5-10(9)7-8;1-2-5-9-7-3-6-8(9)4-1;1-2-4-5-3-1;;/h2*2-7H,1H3;1-7H;1-3H,4H2;;/q4*-1;2*+2. The van der Waals surface area contributed by atoms with Crippen LogP contribution in [0.4, 0.5) is 0 Å². The minimum atomic E-state index is 0. The third-order valence-corrected chi connectivity index (χ3v) is 5.66. The maximum Gasteiger partial charge on any atom is 2.00 e. The van der Waals surface area contributed by atoms with Gasteiger partial charge in [-0.2, -0.15) is 35.7 Å². The maximum absolute atomic E-state index is 2.99. The number of allylic oxidation sites excluding steroid dienone is 4. The van der Waals surface area contributed by atoms with Crippen LogP contribution in [0.1, 0.15) is 17.5 Å². The Labute approximate surface area is 253 Å². The summed E-state index contributed by atoms with van der Waals surface area (Å²) in [6.45, 7) is 4.25. The Kier molecular flexibility index (Phi) is 13.1. The number of hydrogen-bond donors (Lipinski definition) is 0. The van der Waals surface area contributed by atoms with Gasteiger partial charge in [0.15, 0.2) is 0 Å².